The van der Waals surface area contributed by atoms with Crippen LogP contribution in [-0.4, -0.2) is 15.5 Å². The molecule has 1 aromatic rings. The molecule has 1 atom stereocenters. The largest absolute Gasteiger partial charge is 0.293 e. The highest BCUT2D eigenvalue weighted by atomic mass is 79.9. The Hall–Kier alpha value is -1.74. The van der Waals surface area contributed by atoms with Gasteiger partial charge >= 0.3 is 0 Å². The number of rotatable bonds is 4. The van der Waals surface area contributed by atoms with Gasteiger partial charge < -0.3 is 0 Å². The maximum absolute atomic E-state index is 11.8. The Morgan fingerprint density at radius 2 is 2.29 bits per heavy atom. The van der Waals surface area contributed by atoms with E-state index in [1.54, 1.807) is 6.92 Å². The number of Topliss-reactive ketones (excluding diaryl/α,β-unsaturated/α-hetero) is 1. The fourth-order valence-corrected chi connectivity index (χ4v) is 1.70. The van der Waals surface area contributed by atoms with Gasteiger partial charge in [-0.05, 0) is 6.92 Å². The maximum atomic E-state index is 11.8. The SMILES string of the molecule is CC(Br)C(=O)c1cccc([N+](=O)[O-])c1CC#N. The van der Waals surface area contributed by atoms with E-state index in [9.17, 15) is 14.9 Å². The molecule has 88 valence electrons. The number of ketones is 1. The minimum atomic E-state index is -0.581. The van der Waals surface area contributed by atoms with Gasteiger partial charge in [0.15, 0.2) is 5.78 Å². The number of alkyl halides is 1. The highest BCUT2D eigenvalue weighted by molar-refractivity contribution is 9.10. The van der Waals surface area contributed by atoms with Crippen molar-refractivity contribution in [2.24, 2.45) is 0 Å². The third kappa shape index (κ3) is 2.88. The minimum Gasteiger partial charge on any atom is -0.293 e. The number of nitro groups is 1. The van der Waals surface area contributed by atoms with Crippen LogP contribution < -0.4 is 0 Å². The quantitative estimate of drug-likeness (QED) is 0.370. The van der Waals surface area contributed by atoms with Crippen LogP contribution in [0.1, 0.15) is 22.8 Å². The zero-order chi connectivity index (χ0) is 13.0. The van der Waals surface area contributed by atoms with Crippen LogP contribution in [0, 0.1) is 21.4 Å². The van der Waals surface area contributed by atoms with E-state index >= 15 is 0 Å². The van der Waals surface area contributed by atoms with Gasteiger partial charge in [0.25, 0.3) is 5.69 Å². The first-order chi connectivity index (χ1) is 7.99. The highest BCUT2D eigenvalue weighted by Gasteiger charge is 2.23. The van der Waals surface area contributed by atoms with Crippen LogP contribution in [0.5, 0.6) is 0 Å². The molecule has 5 nitrogen and oxygen atoms in total. The number of benzene rings is 1. The summed E-state index contributed by atoms with van der Waals surface area (Å²) in [6.07, 6.45) is -0.155. The lowest BCUT2D eigenvalue weighted by atomic mass is 9.98. The summed E-state index contributed by atoms with van der Waals surface area (Å²) < 4.78 is 0. The van der Waals surface area contributed by atoms with Crippen molar-refractivity contribution in [3.63, 3.8) is 0 Å². The molecule has 0 heterocycles. The zero-order valence-corrected chi connectivity index (χ0v) is 10.6. The van der Waals surface area contributed by atoms with Crippen LogP contribution in [0.4, 0.5) is 5.69 Å². The van der Waals surface area contributed by atoms with Crippen molar-refractivity contribution in [3.05, 3.63) is 39.4 Å². The monoisotopic (exact) mass is 296 g/mol. The molecule has 0 bridgehead atoms. The minimum absolute atomic E-state index is 0.155. The Bertz CT molecular complexity index is 506. The molecule has 17 heavy (non-hydrogen) atoms. The second-order valence-corrected chi connectivity index (χ2v) is 4.75. The van der Waals surface area contributed by atoms with Crippen LogP contribution in [0.2, 0.25) is 0 Å². The summed E-state index contributed by atoms with van der Waals surface area (Å²) >= 11 is 3.12. The van der Waals surface area contributed by atoms with Gasteiger partial charge in [-0.15, -0.1) is 0 Å². The third-order valence-electron chi connectivity index (χ3n) is 2.23. The summed E-state index contributed by atoms with van der Waals surface area (Å²) in [5.74, 6) is -0.265. The molecule has 0 amide bonds. The molecule has 0 aliphatic heterocycles. The third-order valence-corrected chi connectivity index (χ3v) is 2.65. The van der Waals surface area contributed by atoms with Gasteiger partial charge in [-0.1, -0.05) is 28.1 Å². The molecule has 0 aromatic heterocycles. The lowest BCUT2D eigenvalue weighted by Gasteiger charge is -2.07. The van der Waals surface area contributed by atoms with E-state index in [4.69, 9.17) is 5.26 Å². The van der Waals surface area contributed by atoms with Crippen molar-refractivity contribution in [3.8, 4) is 6.07 Å². The van der Waals surface area contributed by atoms with E-state index in [1.165, 1.54) is 18.2 Å². The van der Waals surface area contributed by atoms with Gasteiger partial charge in [-0.25, -0.2) is 0 Å². The Labute approximate surface area is 106 Å². The number of hydrogen-bond donors (Lipinski definition) is 0. The van der Waals surface area contributed by atoms with Crippen LogP contribution in [0.25, 0.3) is 0 Å². The summed E-state index contributed by atoms with van der Waals surface area (Å²) in [5.41, 5.74) is 0.215. The molecule has 0 aliphatic carbocycles. The van der Waals surface area contributed by atoms with Crippen LogP contribution in [0.15, 0.2) is 18.2 Å². The molecule has 1 aromatic carbocycles. The number of nitriles is 1. The number of hydrogen-bond acceptors (Lipinski definition) is 4. The molecule has 0 aliphatic rings. The first-order valence-electron chi connectivity index (χ1n) is 4.80. The predicted molar refractivity (Wildman–Crippen MR) is 65.1 cm³/mol. The number of carbonyl (C=O) groups is 1. The molecule has 1 rings (SSSR count). The van der Waals surface area contributed by atoms with Crippen molar-refractivity contribution in [1.82, 2.24) is 0 Å². The Morgan fingerprint density at radius 1 is 1.65 bits per heavy atom. The highest BCUT2D eigenvalue weighted by Crippen LogP contribution is 2.25. The van der Waals surface area contributed by atoms with E-state index in [-0.39, 0.29) is 29.0 Å². The normalized spacial score (nSPS) is 11.6. The summed E-state index contributed by atoms with van der Waals surface area (Å²) in [6.45, 7) is 1.64. The second kappa shape index (κ2) is 5.55. The zero-order valence-electron chi connectivity index (χ0n) is 9.01. The fraction of sp³-hybridized carbons (Fsp3) is 0.273. The topological polar surface area (TPSA) is 84.0 Å². The summed E-state index contributed by atoms with van der Waals surface area (Å²) in [7, 11) is 0. The van der Waals surface area contributed by atoms with Crippen molar-refractivity contribution < 1.29 is 9.72 Å². The van der Waals surface area contributed by atoms with Crippen molar-refractivity contribution in [2.45, 2.75) is 18.2 Å². The van der Waals surface area contributed by atoms with Gasteiger partial charge in [-0.2, -0.15) is 5.26 Å². The average Bonchev–Trinajstić information content (AvgIpc) is 2.28. The number of halogens is 1. The van der Waals surface area contributed by atoms with Gasteiger partial charge in [0, 0.05) is 11.6 Å². The van der Waals surface area contributed by atoms with Gasteiger partial charge in [0.1, 0.15) is 0 Å². The Morgan fingerprint density at radius 3 is 2.76 bits per heavy atom. The molecule has 0 fully saturated rings. The first kappa shape index (κ1) is 13.3. The Balaban J connectivity index is 3.40. The van der Waals surface area contributed by atoms with E-state index in [0.717, 1.165) is 0 Å². The van der Waals surface area contributed by atoms with E-state index in [2.05, 4.69) is 15.9 Å². The number of nitro benzene ring substituents is 1. The van der Waals surface area contributed by atoms with Gasteiger partial charge in [-0.3, -0.25) is 14.9 Å². The van der Waals surface area contributed by atoms with Crippen LogP contribution in [0.3, 0.4) is 0 Å². The predicted octanol–water partition coefficient (Wildman–Crippen LogP) is 2.63. The summed E-state index contributed by atoms with van der Waals surface area (Å²) in [6, 6.07) is 6.08. The van der Waals surface area contributed by atoms with Crippen molar-refractivity contribution in [1.29, 1.82) is 5.26 Å². The number of carbonyl (C=O) groups excluding carboxylic acids is 1. The lowest BCUT2D eigenvalue weighted by molar-refractivity contribution is -0.385. The van der Waals surface area contributed by atoms with Gasteiger partial charge in [0.05, 0.1) is 27.8 Å². The van der Waals surface area contributed by atoms with Crippen LogP contribution >= 0.6 is 15.9 Å². The van der Waals surface area contributed by atoms with Crippen LogP contribution in [-0.2, 0) is 6.42 Å². The molecule has 0 saturated heterocycles. The molecule has 1 unspecified atom stereocenters. The summed E-state index contributed by atoms with van der Waals surface area (Å²) in [5, 5.41) is 19.5. The second-order valence-electron chi connectivity index (χ2n) is 3.38. The van der Waals surface area contributed by atoms with Crippen molar-refractivity contribution in [2.75, 3.05) is 0 Å². The standard InChI is InChI=1S/C11H9BrN2O3/c1-7(12)11(15)9-3-2-4-10(14(16)17)8(9)5-6-13/h2-4,7H,5H2,1H3. The first-order valence-corrected chi connectivity index (χ1v) is 5.72. The smallest absolute Gasteiger partial charge is 0.274 e. The molecule has 6 heteroatoms. The fourth-order valence-electron chi connectivity index (χ4n) is 1.46. The van der Waals surface area contributed by atoms with Gasteiger partial charge in [0.2, 0.25) is 0 Å². The van der Waals surface area contributed by atoms with E-state index < -0.39 is 9.75 Å². The molecular weight excluding hydrogens is 288 g/mol. The van der Waals surface area contributed by atoms with E-state index in [1.807, 2.05) is 6.07 Å². The molecule has 0 saturated carbocycles. The van der Waals surface area contributed by atoms with E-state index in [0.29, 0.717) is 0 Å². The molecule has 0 N–H and O–H groups in total. The maximum Gasteiger partial charge on any atom is 0.274 e. The lowest BCUT2D eigenvalue weighted by Crippen LogP contribution is -2.13. The molecular formula is C11H9BrN2O3. The number of nitrogens with zero attached hydrogens (tertiary/aromatic N) is 2. The van der Waals surface area contributed by atoms with Crippen molar-refractivity contribution >= 4 is 27.4 Å². The summed E-state index contributed by atoms with van der Waals surface area (Å²) in [4.78, 5) is 21.6. The average molecular weight is 297 g/mol. The molecule has 0 spiro atoms. The Kier molecular flexibility index (Phi) is 4.35. The molecule has 0 radical (unpaired) electrons.